The maximum absolute atomic E-state index is 5.51. The highest BCUT2D eigenvalue weighted by Gasteiger charge is 2.20. The summed E-state index contributed by atoms with van der Waals surface area (Å²) in [6.45, 7) is 5.19. The van der Waals surface area contributed by atoms with Crippen LogP contribution in [-0.4, -0.2) is 13.7 Å². The number of aryl methyl sites for hydroxylation is 1. The molecule has 0 aliphatic carbocycles. The molecule has 1 N–H and O–H groups in total. The summed E-state index contributed by atoms with van der Waals surface area (Å²) < 4.78 is 6.58. The number of nitrogens with one attached hydrogen (secondary N) is 1. The molecule has 0 spiro atoms. The van der Waals surface area contributed by atoms with Crippen LogP contribution in [0.3, 0.4) is 0 Å². The molecule has 0 amide bonds. The molecule has 1 aromatic carbocycles. The Bertz CT molecular complexity index is 553. The second-order valence-electron chi connectivity index (χ2n) is 4.34. The van der Waals surface area contributed by atoms with Gasteiger partial charge in [-0.05, 0) is 48.7 Å². The second kappa shape index (κ2) is 6.55. The maximum Gasteiger partial charge on any atom is 0.124 e. The molecule has 0 aliphatic heterocycles. The molecule has 0 aliphatic rings. The van der Waals surface area contributed by atoms with Gasteiger partial charge in [0.1, 0.15) is 5.75 Å². The average molecular weight is 340 g/mol. The first kappa shape index (κ1) is 14.6. The van der Waals surface area contributed by atoms with Gasteiger partial charge in [0.05, 0.1) is 13.2 Å². The van der Waals surface area contributed by atoms with Crippen molar-refractivity contribution in [3.63, 3.8) is 0 Å². The summed E-state index contributed by atoms with van der Waals surface area (Å²) in [5.41, 5.74) is 2.49. The van der Waals surface area contributed by atoms with Gasteiger partial charge in [-0.15, -0.1) is 11.3 Å². The van der Waals surface area contributed by atoms with Gasteiger partial charge < -0.3 is 10.1 Å². The molecule has 2 nitrogen and oxygen atoms in total. The molecule has 2 rings (SSSR count). The molecule has 1 unspecified atom stereocenters. The quantitative estimate of drug-likeness (QED) is 0.864. The lowest BCUT2D eigenvalue weighted by atomic mass is 10.0. The Kier molecular flexibility index (Phi) is 5.02. The Morgan fingerprint density at radius 3 is 2.74 bits per heavy atom. The molecule has 0 radical (unpaired) electrons. The van der Waals surface area contributed by atoms with Gasteiger partial charge in [-0.25, -0.2) is 0 Å². The third-order valence-corrected chi connectivity index (χ3v) is 4.65. The molecule has 0 saturated heterocycles. The molecule has 19 heavy (non-hydrogen) atoms. The van der Waals surface area contributed by atoms with E-state index in [2.05, 4.69) is 52.6 Å². The van der Waals surface area contributed by atoms with Crippen molar-refractivity contribution in [3.8, 4) is 5.75 Å². The van der Waals surface area contributed by atoms with Crippen LogP contribution in [0.4, 0.5) is 0 Å². The van der Waals surface area contributed by atoms with E-state index >= 15 is 0 Å². The molecule has 2 aromatic rings. The van der Waals surface area contributed by atoms with E-state index in [0.29, 0.717) is 0 Å². The number of methoxy groups -OCH3 is 1. The summed E-state index contributed by atoms with van der Waals surface area (Å²) in [7, 11) is 1.72. The van der Waals surface area contributed by atoms with Crippen molar-refractivity contribution >= 4 is 27.3 Å². The molecular weight excluding hydrogens is 322 g/mol. The molecule has 1 atom stereocenters. The van der Waals surface area contributed by atoms with E-state index in [-0.39, 0.29) is 6.04 Å². The lowest BCUT2D eigenvalue weighted by molar-refractivity contribution is 0.404. The van der Waals surface area contributed by atoms with Gasteiger partial charge in [0.2, 0.25) is 0 Å². The minimum absolute atomic E-state index is 0.178. The Morgan fingerprint density at radius 1 is 1.37 bits per heavy atom. The van der Waals surface area contributed by atoms with Gasteiger partial charge in [-0.1, -0.05) is 22.9 Å². The van der Waals surface area contributed by atoms with Gasteiger partial charge in [0.15, 0.2) is 0 Å². The second-order valence-corrected chi connectivity index (χ2v) is 6.21. The van der Waals surface area contributed by atoms with Crippen molar-refractivity contribution in [2.24, 2.45) is 0 Å². The molecule has 0 fully saturated rings. The van der Waals surface area contributed by atoms with Crippen LogP contribution < -0.4 is 10.1 Å². The molecular formula is C15H18BrNOS. The highest BCUT2D eigenvalue weighted by atomic mass is 79.9. The monoisotopic (exact) mass is 339 g/mol. The van der Waals surface area contributed by atoms with Crippen molar-refractivity contribution in [2.75, 3.05) is 13.7 Å². The number of benzene rings is 1. The lowest BCUT2D eigenvalue weighted by Gasteiger charge is -2.21. The Morgan fingerprint density at radius 2 is 2.16 bits per heavy atom. The van der Waals surface area contributed by atoms with Crippen LogP contribution in [0.25, 0.3) is 0 Å². The first-order chi connectivity index (χ1) is 9.17. The summed E-state index contributed by atoms with van der Waals surface area (Å²) >= 11 is 5.33. The molecule has 0 bridgehead atoms. The van der Waals surface area contributed by atoms with E-state index in [1.165, 1.54) is 16.0 Å². The van der Waals surface area contributed by atoms with Gasteiger partial charge in [-0.3, -0.25) is 0 Å². The zero-order valence-corrected chi connectivity index (χ0v) is 13.8. The van der Waals surface area contributed by atoms with Gasteiger partial charge in [0, 0.05) is 14.9 Å². The smallest absolute Gasteiger partial charge is 0.124 e. The molecule has 0 saturated carbocycles. The third-order valence-electron chi connectivity index (χ3n) is 3.07. The van der Waals surface area contributed by atoms with Crippen LogP contribution in [0.5, 0.6) is 5.75 Å². The summed E-state index contributed by atoms with van der Waals surface area (Å²) in [5, 5.41) is 5.69. The van der Waals surface area contributed by atoms with E-state index in [1.54, 1.807) is 18.4 Å². The van der Waals surface area contributed by atoms with E-state index < -0.39 is 0 Å². The lowest BCUT2D eigenvalue weighted by Crippen LogP contribution is -2.22. The summed E-state index contributed by atoms with van der Waals surface area (Å²) in [5.74, 6) is 0.918. The highest BCUT2D eigenvalue weighted by Crippen LogP contribution is 2.35. The summed E-state index contributed by atoms with van der Waals surface area (Å²) in [6.07, 6.45) is 0. The Labute approximate surface area is 126 Å². The fourth-order valence-corrected chi connectivity index (χ4v) is 3.56. The van der Waals surface area contributed by atoms with Crippen LogP contribution in [0.15, 0.2) is 34.1 Å². The van der Waals surface area contributed by atoms with E-state index in [0.717, 1.165) is 16.8 Å². The predicted molar refractivity (Wildman–Crippen MR) is 85.3 cm³/mol. The average Bonchev–Trinajstić information content (AvgIpc) is 2.82. The molecule has 102 valence electrons. The largest absolute Gasteiger partial charge is 0.496 e. The standard InChI is InChI=1S/C15H18BrNOS/c1-4-17-14(15-10(2)7-8-19-15)12-9-11(16)5-6-13(12)18-3/h5-9,14,17H,4H2,1-3H3. The number of thiophene rings is 1. The van der Waals surface area contributed by atoms with E-state index in [4.69, 9.17) is 4.74 Å². The van der Waals surface area contributed by atoms with Crippen molar-refractivity contribution in [1.82, 2.24) is 5.32 Å². The first-order valence-electron chi connectivity index (χ1n) is 6.28. The predicted octanol–water partition coefficient (Wildman–Crippen LogP) is 4.53. The minimum atomic E-state index is 0.178. The molecule has 1 heterocycles. The third kappa shape index (κ3) is 3.19. The zero-order chi connectivity index (χ0) is 13.8. The van der Waals surface area contributed by atoms with Crippen molar-refractivity contribution in [2.45, 2.75) is 19.9 Å². The van der Waals surface area contributed by atoms with E-state index in [9.17, 15) is 0 Å². The van der Waals surface area contributed by atoms with Crippen LogP contribution >= 0.6 is 27.3 Å². The van der Waals surface area contributed by atoms with Crippen molar-refractivity contribution in [3.05, 3.63) is 50.1 Å². The van der Waals surface area contributed by atoms with Gasteiger partial charge in [0.25, 0.3) is 0 Å². The number of halogens is 1. The maximum atomic E-state index is 5.51. The number of hydrogen-bond acceptors (Lipinski definition) is 3. The number of rotatable bonds is 5. The zero-order valence-electron chi connectivity index (χ0n) is 11.4. The molecule has 1 aromatic heterocycles. The highest BCUT2D eigenvalue weighted by molar-refractivity contribution is 9.10. The minimum Gasteiger partial charge on any atom is -0.496 e. The van der Waals surface area contributed by atoms with Crippen LogP contribution in [0.1, 0.15) is 29.0 Å². The Balaban J connectivity index is 2.50. The first-order valence-corrected chi connectivity index (χ1v) is 7.95. The summed E-state index contributed by atoms with van der Waals surface area (Å²) in [6, 6.07) is 8.48. The molecule has 4 heteroatoms. The van der Waals surface area contributed by atoms with Gasteiger partial charge >= 0.3 is 0 Å². The number of hydrogen-bond donors (Lipinski definition) is 1. The van der Waals surface area contributed by atoms with Crippen molar-refractivity contribution in [1.29, 1.82) is 0 Å². The van der Waals surface area contributed by atoms with Crippen LogP contribution in [0.2, 0.25) is 0 Å². The van der Waals surface area contributed by atoms with E-state index in [1.807, 2.05) is 12.1 Å². The topological polar surface area (TPSA) is 21.3 Å². The summed E-state index contributed by atoms with van der Waals surface area (Å²) in [4.78, 5) is 1.35. The SMILES string of the molecule is CCNC(c1cc(Br)ccc1OC)c1sccc1C. The van der Waals surface area contributed by atoms with Gasteiger partial charge in [-0.2, -0.15) is 0 Å². The van der Waals surface area contributed by atoms with Crippen LogP contribution in [-0.2, 0) is 0 Å². The van der Waals surface area contributed by atoms with Crippen LogP contribution in [0, 0.1) is 6.92 Å². The normalized spacial score (nSPS) is 12.4. The fraction of sp³-hybridized carbons (Fsp3) is 0.333. The number of ether oxygens (including phenoxy) is 1. The fourth-order valence-electron chi connectivity index (χ4n) is 2.16. The van der Waals surface area contributed by atoms with Crippen molar-refractivity contribution < 1.29 is 4.74 Å². The Hall–Kier alpha value is -0.840.